The first kappa shape index (κ1) is 25.5. The van der Waals surface area contributed by atoms with Crippen molar-refractivity contribution in [1.29, 1.82) is 0 Å². The van der Waals surface area contributed by atoms with Crippen molar-refractivity contribution in [2.45, 2.75) is 13.3 Å². The number of hydrogen-bond acceptors (Lipinski definition) is 4. The third-order valence-corrected chi connectivity index (χ3v) is 5.23. The van der Waals surface area contributed by atoms with Crippen LogP contribution in [0.4, 0.5) is 10.5 Å². The zero-order chi connectivity index (χ0) is 24.1. The molecule has 0 fully saturated rings. The van der Waals surface area contributed by atoms with Crippen LogP contribution >= 0.6 is 0 Å². The highest BCUT2D eigenvalue weighted by atomic mass is 16.5. The van der Waals surface area contributed by atoms with Crippen LogP contribution in [-0.2, 0) is 4.74 Å². The summed E-state index contributed by atoms with van der Waals surface area (Å²) in [6.07, 6.45) is 0.214. The van der Waals surface area contributed by atoms with Crippen molar-refractivity contribution in [3.05, 3.63) is 91.0 Å². The van der Waals surface area contributed by atoms with Gasteiger partial charge in [-0.15, -0.1) is 0 Å². The number of rotatable bonds is 8. The SMILES string of the molecule is C=C(CCNC(=O)OC)c1cc(OC)ccc1N(C)CC.c1ccc(-c2ccccc2)cc1. The molecule has 0 bridgehead atoms. The summed E-state index contributed by atoms with van der Waals surface area (Å²) < 4.78 is 9.83. The number of alkyl carbamates (subject to hydrolysis) is 1. The summed E-state index contributed by atoms with van der Waals surface area (Å²) in [6, 6.07) is 26.7. The lowest BCUT2D eigenvalue weighted by molar-refractivity contribution is 0.171. The first-order chi connectivity index (χ1) is 16.0. The average Bonchev–Trinajstić information content (AvgIpc) is 2.89. The Morgan fingerprint density at radius 2 is 1.52 bits per heavy atom. The van der Waals surface area contributed by atoms with Gasteiger partial charge in [0.05, 0.1) is 14.2 Å². The molecule has 5 nitrogen and oxygen atoms in total. The fourth-order valence-corrected chi connectivity index (χ4v) is 3.21. The third kappa shape index (κ3) is 8.04. The number of hydrogen-bond donors (Lipinski definition) is 1. The van der Waals surface area contributed by atoms with Crippen molar-refractivity contribution in [1.82, 2.24) is 5.32 Å². The molecule has 0 spiro atoms. The van der Waals surface area contributed by atoms with Gasteiger partial charge in [-0.3, -0.25) is 0 Å². The largest absolute Gasteiger partial charge is 0.497 e. The smallest absolute Gasteiger partial charge is 0.406 e. The number of nitrogens with zero attached hydrogens (tertiary/aromatic N) is 1. The predicted molar refractivity (Wildman–Crippen MR) is 138 cm³/mol. The molecule has 5 heteroatoms. The summed E-state index contributed by atoms with van der Waals surface area (Å²) >= 11 is 0. The Hall–Kier alpha value is -3.73. The Bertz CT molecular complexity index is 967. The van der Waals surface area contributed by atoms with E-state index in [0.717, 1.165) is 29.1 Å². The highest BCUT2D eigenvalue weighted by molar-refractivity contribution is 5.77. The van der Waals surface area contributed by atoms with Gasteiger partial charge in [-0.2, -0.15) is 0 Å². The summed E-state index contributed by atoms with van der Waals surface area (Å²) in [6.45, 7) is 7.60. The molecule has 0 aliphatic carbocycles. The third-order valence-electron chi connectivity index (χ3n) is 5.23. The van der Waals surface area contributed by atoms with Crippen LogP contribution < -0.4 is 15.0 Å². The summed E-state index contributed by atoms with van der Waals surface area (Å²) in [4.78, 5) is 13.2. The van der Waals surface area contributed by atoms with Crippen molar-refractivity contribution >= 4 is 17.4 Å². The van der Waals surface area contributed by atoms with Gasteiger partial charge in [0.1, 0.15) is 5.75 Å². The van der Waals surface area contributed by atoms with Crippen molar-refractivity contribution in [2.24, 2.45) is 0 Å². The highest BCUT2D eigenvalue weighted by Gasteiger charge is 2.11. The van der Waals surface area contributed by atoms with Gasteiger partial charge in [0.25, 0.3) is 0 Å². The number of ether oxygens (including phenoxy) is 2. The number of carbonyl (C=O) groups excluding carboxylic acids is 1. The molecule has 0 aliphatic heterocycles. The number of nitrogens with one attached hydrogen (secondary N) is 1. The van der Waals surface area contributed by atoms with Gasteiger partial charge in [-0.05, 0) is 48.2 Å². The van der Waals surface area contributed by atoms with E-state index in [9.17, 15) is 4.79 Å². The number of carbonyl (C=O) groups is 1. The maximum atomic E-state index is 11.1. The van der Waals surface area contributed by atoms with E-state index in [-0.39, 0.29) is 0 Å². The first-order valence-corrected chi connectivity index (χ1v) is 11.0. The second kappa shape index (κ2) is 13.6. The lowest BCUT2D eigenvalue weighted by Gasteiger charge is -2.22. The molecule has 1 amide bonds. The lowest BCUT2D eigenvalue weighted by Crippen LogP contribution is -2.24. The Morgan fingerprint density at radius 1 is 0.939 bits per heavy atom. The van der Waals surface area contributed by atoms with Crippen molar-refractivity contribution in [2.75, 3.05) is 39.3 Å². The highest BCUT2D eigenvalue weighted by Crippen LogP contribution is 2.31. The summed E-state index contributed by atoms with van der Waals surface area (Å²) in [5.74, 6) is 0.792. The van der Waals surface area contributed by atoms with Gasteiger partial charge >= 0.3 is 6.09 Å². The molecular weight excluding hydrogens is 412 g/mol. The van der Waals surface area contributed by atoms with Crippen LogP contribution in [0.25, 0.3) is 16.7 Å². The maximum Gasteiger partial charge on any atom is 0.406 e. The normalized spacial score (nSPS) is 9.82. The summed E-state index contributed by atoms with van der Waals surface area (Å²) in [5, 5.41) is 2.66. The summed E-state index contributed by atoms with van der Waals surface area (Å²) in [5.41, 5.74) is 5.63. The van der Waals surface area contributed by atoms with Gasteiger partial charge in [0.15, 0.2) is 0 Å². The van der Waals surface area contributed by atoms with E-state index in [1.54, 1.807) is 7.11 Å². The second-order valence-electron chi connectivity index (χ2n) is 7.40. The molecule has 0 aliphatic rings. The van der Waals surface area contributed by atoms with Gasteiger partial charge in [0, 0.05) is 31.4 Å². The Labute approximate surface area is 197 Å². The van der Waals surface area contributed by atoms with E-state index in [1.165, 1.54) is 18.2 Å². The fourth-order valence-electron chi connectivity index (χ4n) is 3.21. The molecular formula is C28H34N2O3. The van der Waals surface area contributed by atoms with Gasteiger partial charge in [-0.1, -0.05) is 67.2 Å². The van der Waals surface area contributed by atoms with E-state index in [1.807, 2.05) is 37.4 Å². The first-order valence-electron chi connectivity index (χ1n) is 11.0. The molecule has 3 aromatic rings. The maximum absolute atomic E-state index is 11.1. The minimum Gasteiger partial charge on any atom is -0.497 e. The Balaban J connectivity index is 0.000000268. The minimum atomic E-state index is -0.431. The van der Waals surface area contributed by atoms with Gasteiger partial charge < -0.3 is 19.7 Å². The predicted octanol–water partition coefficient (Wildman–Crippen LogP) is 6.26. The number of methoxy groups -OCH3 is 2. The second-order valence-corrected chi connectivity index (χ2v) is 7.40. The Kier molecular flexibility index (Phi) is 10.5. The van der Waals surface area contributed by atoms with E-state index in [2.05, 4.69) is 77.0 Å². The zero-order valence-electron chi connectivity index (χ0n) is 20.0. The van der Waals surface area contributed by atoms with Crippen molar-refractivity contribution in [3.8, 4) is 16.9 Å². The quantitative estimate of drug-likeness (QED) is 0.443. The molecule has 0 saturated heterocycles. The minimum absolute atomic E-state index is 0.431. The molecule has 174 valence electrons. The van der Waals surface area contributed by atoms with E-state index in [0.29, 0.717) is 13.0 Å². The molecule has 0 radical (unpaired) electrons. The van der Waals surface area contributed by atoms with Crippen LogP contribution in [0, 0.1) is 0 Å². The molecule has 0 unspecified atom stereocenters. The molecule has 3 rings (SSSR count). The lowest BCUT2D eigenvalue weighted by atomic mass is 10.0. The number of benzene rings is 3. The fraction of sp³-hybridized carbons (Fsp3) is 0.250. The van der Waals surface area contributed by atoms with Crippen molar-refractivity contribution < 1.29 is 14.3 Å². The van der Waals surface area contributed by atoms with Gasteiger partial charge in [-0.25, -0.2) is 4.79 Å². The molecule has 0 saturated carbocycles. The standard InChI is InChI=1S/C16H24N2O3.C12H10/c1-6-18(3)15-8-7-13(20-4)11-14(15)12(2)9-10-17-16(19)21-5;1-3-7-11(8-4-1)12-9-5-2-6-10-12/h7-8,11H,2,6,9-10H2,1,3-5H3,(H,17,19);1-10H. The zero-order valence-corrected chi connectivity index (χ0v) is 20.0. The van der Waals surface area contributed by atoms with Gasteiger partial charge in [0.2, 0.25) is 0 Å². The van der Waals surface area contributed by atoms with Crippen LogP contribution in [0.15, 0.2) is 85.4 Å². The van der Waals surface area contributed by atoms with Crippen LogP contribution in [0.5, 0.6) is 5.75 Å². The monoisotopic (exact) mass is 446 g/mol. The van der Waals surface area contributed by atoms with Crippen molar-refractivity contribution in [3.63, 3.8) is 0 Å². The molecule has 33 heavy (non-hydrogen) atoms. The van der Waals surface area contributed by atoms with Crippen LogP contribution in [-0.4, -0.2) is 40.5 Å². The Morgan fingerprint density at radius 3 is 2.00 bits per heavy atom. The van der Waals surface area contributed by atoms with Crippen LogP contribution in [0.1, 0.15) is 18.9 Å². The number of anilines is 1. The number of amides is 1. The molecule has 0 heterocycles. The van der Waals surface area contributed by atoms with E-state index >= 15 is 0 Å². The molecule has 3 aromatic carbocycles. The average molecular weight is 447 g/mol. The molecule has 0 aromatic heterocycles. The summed E-state index contributed by atoms with van der Waals surface area (Å²) in [7, 11) is 5.02. The molecule has 0 atom stereocenters. The van der Waals surface area contributed by atoms with E-state index in [4.69, 9.17) is 4.74 Å². The van der Waals surface area contributed by atoms with Crippen LogP contribution in [0.3, 0.4) is 0 Å². The van der Waals surface area contributed by atoms with Crippen LogP contribution in [0.2, 0.25) is 0 Å². The topological polar surface area (TPSA) is 50.8 Å². The van der Waals surface area contributed by atoms with E-state index < -0.39 is 6.09 Å². The molecule has 1 N–H and O–H groups in total.